The Morgan fingerprint density at radius 1 is 0.833 bits per heavy atom. The smallest absolute Gasteiger partial charge is 0.335 e. The Morgan fingerprint density at radius 3 is 1.54 bits per heavy atom. The van der Waals surface area contributed by atoms with Crippen LogP contribution in [0.3, 0.4) is 0 Å². The molecule has 2 rings (SSSR count). The quantitative estimate of drug-likeness (QED) is 0.771. The van der Waals surface area contributed by atoms with Crippen molar-refractivity contribution < 1.29 is 24.9 Å². The van der Waals surface area contributed by atoms with E-state index in [1.807, 2.05) is 19.1 Å². The Morgan fingerprint density at radius 2 is 1.25 bits per heavy atom. The summed E-state index contributed by atoms with van der Waals surface area (Å²) in [6.07, 6.45) is 0. The molecule has 3 N–H and O–H groups in total. The number of aromatic carboxylic acids is 2. The third kappa shape index (κ3) is 5.43. The normalized spacial score (nSPS) is 10.5. The van der Waals surface area contributed by atoms with E-state index in [0.717, 1.165) is 5.56 Å². The molecule has 0 radical (unpaired) electrons. The minimum absolute atomic E-state index is 0.0239. The first-order valence-electron chi connectivity index (χ1n) is 7.39. The summed E-state index contributed by atoms with van der Waals surface area (Å²) in [5.41, 5.74) is 2.40. The lowest BCUT2D eigenvalue weighted by Crippen LogP contribution is -2.11. The molecule has 0 aromatic heterocycles. The zero-order chi connectivity index (χ0) is 18.5. The molecule has 0 saturated carbocycles. The van der Waals surface area contributed by atoms with Crippen LogP contribution < -0.4 is 0 Å². The Kier molecular flexibility index (Phi) is 6.12. The summed E-state index contributed by atoms with van der Waals surface area (Å²) in [6, 6.07) is 10.7. The van der Waals surface area contributed by atoms with Gasteiger partial charge in [0, 0.05) is 0 Å². The second kappa shape index (κ2) is 7.64. The van der Waals surface area contributed by atoms with E-state index in [1.165, 1.54) is 29.8 Å². The molecule has 0 amide bonds. The number of hydrogen-bond acceptors (Lipinski definition) is 3. The van der Waals surface area contributed by atoms with Gasteiger partial charge < -0.3 is 15.3 Å². The van der Waals surface area contributed by atoms with Crippen molar-refractivity contribution in [3.05, 3.63) is 64.7 Å². The highest BCUT2D eigenvalue weighted by atomic mass is 16.4. The molecule has 128 valence electrons. The summed E-state index contributed by atoms with van der Waals surface area (Å²) in [4.78, 5) is 20.7. The standard InChI is InChI=1S/C11H16O.C8H6O4/c1-8-5-6-10(12)9(7-8)11(2,3)4;9-7(10)5-1-2-6(4-3-5)8(11)12/h5-7,12H,1-4H3;1-4H,(H,9,10)(H,11,12). The molecule has 0 bridgehead atoms. The Balaban J connectivity index is 0.000000240. The number of aryl methyl sites for hydroxylation is 1. The summed E-state index contributed by atoms with van der Waals surface area (Å²) < 4.78 is 0. The fourth-order valence-electron chi connectivity index (χ4n) is 2.01. The van der Waals surface area contributed by atoms with Crippen LogP contribution in [-0.4, -0.2) is 27.3 Å². The van der Waals surface area contributed by atoms with E-state index in [9.17, 15) is 14.7 Å². The molecule has 0 spiro atoms. The maximum absolute atomic E-state index is 10.3. The minimum atomic E-state index is -1.06. The molecule has 0 atom stereocenters. The topological polar surface area (TPSA) is 94.8 Å². The number of benzene rings is 2. The van der Waals surface area contributed by atoms with Crippen molar-refractivity contribution in [1.82, 2.24) is 0 Å². The number of phenols is 1. The van der Waals surface area contributed by atoms with Crippen molar-refractivity contribution in [1.29, 1.82) is 0 Å². The number of carboxylic acids is 2. The van der Waals surface area contributed by atoms with Crippen molar-refractivity contribution >= 4 is 11.9 Å². The molecule has 2 aromatic rings. The van der Waals surface area contributed by atoms with Gasteiger partial charge in [0.05, 0.1) is 11.1 Å². The van der Waals surface area contributed by atoms with E-state index < -0.39 is 11.9 Å². The molecule has 5 nitrogen and oxygen atoms in total. The maximum atomic E-state index is 10.3. The molecule has 0 aliphatic carbocycles. The van der Waals surface area contributed by atoms with Gasteiger partial charge in [-0.3, -0.25) is 0 Å². The summed E-state index contributed by atoms with van der Waals surface area (Å²) in [5.74, 6) is -1.73. The first-order valence-corrected chi connectivity index (χ1v) is 7.39. The number of carboxylic acid groups (broad SMARTS) is 2. The summed E-state index contributed by atoms with van der Waals surface area (Å²) in [7, 11) is 0. The molecular weight excluding hydrogens is 308 g/mol. The van der Waals surface area contributed by atoms with E-state index in [-0.39, 0.29) is 16.5 Å². The minimum Gasteiger partial charge on any atom is -0.508 e. The third-order valence-electron chi connectivity index (χ3n) is 3.34. The van der Waals surface area contributed by atoms with Gasteiger partial charge in [-0.1, -0.05) is 38.5 Å². The van der Waals surface area contributed by atoms with E-state index in [1.54, 1.807) is 6.07 Å². The first kappa shape index (κ1) is 19.2. The van der Waals surface area contributed by atoms with Gasteiger partial charge in [-0.15, -0.1) is 0 Å². The predicted molar refractivity (Wildman–Crippen MR) is 91.9 cm³/mol. The fourth-order valence-corrected chi connectivity index (χ4v) is 2.01. The molecule has 0 fully saturated rings. The van der Waals surface area contributed by atoms with E-state index in [0.29, 0.717) is 5.75 Å². The van der Waals surface area contributed by atoms with E-state index in [4.69, 9.17) is 10.2 Å². The van der Waals surface area contributed by atoms with Gasteiger partial charge >= 0.3 is 11.9 Å². The molecule has 24 heavy (non-hydrogen) atoms. The summed E-state index contributed by atoms with van der Waals surface area (Å²) in [5, 5.41) is 26.5. The second-order valence-electron chi connectivity index (χ2n) is 6.46. The lowest BCUT2D eigenvalue weighted by Gasteiger charge is -2.20. The van der Waals surface area contributed by atoms with Crippen molar-refractivity contribution in [3.8, 4) is 5.75 Å². The van der Waals surface area contributed by atoms with Crippen LogP contribution in [0, 0.1) is 6.92 Å². The van der Waals surface area contributed by atoms with Crippen LogP contribution in [0.4, 0.5) is 0 Å². The maximum Gasteiger partial charge on any atom is 0.335 e. The molecule has 0 aliphatic rings. The highest BCUT2D eigenvalue weighted by Crippen LogP contribution is 2.30. The molecule has 5 heteroatoms. The van der Waals surface area contributed by atoms with E-state index in [2.05, 4.69) is 20.8 Å². The SMILES string of the molecule is Cc1ccc(O)c(C(C)(C)C)c1.O=C(O)c1ccc(C(=O)O)cc1. The molecule has 0 saturated heterocycles. The monoisotopic (exact) mass is 330 g/mol. The molecule has 2 aromatic carbocycles. The van der Waals surface area contributed by atoms with Crippen molar-refractivity contribution in [2.24, 2.45) is 0 Å². The zero-order valence-electron chi connectivity index (χ0n) is 14.2. The van der Waals surface area contributed by atoms with Crippen LogP contribution in [-0.2, 0) is 5.41 Å². The lowest BCUT2D eigenvalue weighted by atomic mass is 9.85. The summed E-state index contributed by atoms with van der Waals surface area (Å²) >= 11 is 0. The van der Waals surface area contributed by atoms with Crippen molar-refractivity contribution in [2.75, 3.05) is 0 Å². The highest BCUT2D eigenvalue weighted by Gasteiger charge is 2.17. The number of carbonyl (C=O) groups is 2. The number of phenolic OH excluding ortho intramolecular Hbond substituents is 1. The van der Waals surface area contributed by atoms with Crippen molar-refractivity contribution in [3.63, 3.8) is 0 Å². The first-order chi connectivity index (χ1) is 11.0. The average Bonchev–Trinajstić information content (AvgIpc) is 2.49. The number of aromatic hydroxyl groups is 1. The van der Waals surface area contributed by atoms with Crippen LogP contribution in [0.2, 0.25) is 0 Å². The van der Waals surface area contributed by atoms with Gasteiger partial charge in [-0.05, 0) is 48.2 Å². The lowest BCUT2D eigenvalue weighted by molar-refractivity contribution is 0.0681. The molecular formula is C19H22O5. The Labute approximate surface area is 141 Å². The Hall–Kier alpha value is -2.82. The van der Waals surface area contributed by atoms with Gasteiger partial charge in [-0.2, -0.15) is 0 Å². The second-order valence-corrected chi connectivity index (χ2v) is 6.46. The van der Waals surface area contributed by atoms with Gasteiger partial charge in [0.2, 0.25) is 0 Å². The molecule has 0 aliphatic heterocycles. The van der Waals surface area contributed by atoms with Crippen LogP contribution in [0.5, 0.6) is 5.75 Å². The van der Waals surface area contributed by atoms with E-state index >= 15 is 0 Å². The van der Waals surface area contributed by atoms with Crippen molar-refractivity contribution in [2.45, 2.75) is 33.1 Å². The van der Waals surface area contributed by atoms with Gasteiger partial charge in [-0.25, -0.2) is 9.59 Å². The predicted octanol–water partition coefficient (Wildman–Crippen LogP) is 4.08. The van der Waals surface area contributed by atoms with Crippen LogP contribution in [0.1, 0.15) is 52.6 Å². The third-order valence-corrected chi connectivity index (χ3v) is 3.34. The zero-order valence-corrected chi connectivity index (χ0v) is 14.2. The van der Waals surface area contributed by atoms with Gasteiger partial charge in [0.25, 0.3) is 0 Å². The van der Waals surface area contributed by atoms with Crippen LogP contribution in [0.25, 0.3) is 0 Å². The van der Waals surface area contributed by atoms with Crippen LogP contribution in [0.15, 0.2) is 42.5 Å². The molecule has 0 heterocycles. The number of hydrogen-bond donors (Lipinski definition) is 3. The van der Waals surface area contributed by atoms with Gasteiger partial charge in [0.1, 0.15) is 5.75 Å². The Bertz CT molecular complexity index is 691. The van der Waals surface area contributed by atoms with Gasteiger partial charge in [0.15, 0.2) is 0 Å². The largest absolute Gasteiger partial charge is 0.508 e. The fraction of sp³-hybridized carbons (Fsp3) is 0.263. The highest BCUT2D eigenvalue weighted by molar-refractivity contribution is 5.91. The van der Waals surface area contributed by atoms with Crippen LogP contribution >= 0.6 is 0 Å². The molecule has 0 unspecified atom stereocenters. The summed E-state index contributed by atoms with van der Waals surface area (Å²) in [6.45, 7) is 8.33. The number of rotatable bonds is 2. The average molecular weight is 330 g/mol.